The van der Waals surface area contributed by atoms with E-state index < -0.39 is 38.7 Å². The van der Waals surface area contributed by atoms with Crippen LogP contribution in [0.5, 0.6) is 11.6 Å². The number of nitro benzene ring substituents is 1. The molecule has 2 N–H and O–H groups in total. The minimum absolute atomic E-state index is 0.209. The van der Waals surface area contributed by atoms with Gasteiger partial charge in [-0.1, -0.05) is 0 Å². The van der Waals surface area contributed by atoms with Crippen LogP contribution in [0.3, 0.4) is 0 Å². The number of ether oxygens (including phenoxy) is 1. The molecule has 0 fully saturated rings. The third kappa shape index (κ3) is 2.80. The second kappa shape index (κ2) is 5.32. The second-order valence-corrected chi connectivity index (χ2v) is 3.64. The summed E-state index contributed by atoms with van der Waals surface area (Å²) in [5, 5.41) is 21.3. The predicted octanol–water partition coefficient (Wildman–Crippen LogP) is 1.81. The minimum atomic E-state index is -1.15. The summed E-state index contributed by atoms with van der Waals surface area (Å²) in [4.78, 5) is 26.5. The van der Waals surface area contributed by atoms with Crippen LogP contribution in [0.4, 0.5) is 21.6 Å². The number of rotatable bonds is 4. The van der Waals surface area contributed by atoms with Crippen molar-refractivity contribution >= 4 is 17.2 Å². The summed E-state index contributed by atoms with van der Waals surface area (Å²) >= 11 is 0. The number of benzene rings is 1. The molecule has 0 radical (unpaired) electrons. The van der Waals surface area contributed by atoms with E-state index >= 15 is 0 Å². The largest absolute Gasteiger partial charge is 0.433 e. The Kier molecular flexibility index (Phi) is 3.56. The van der Waals surface area contributed by atoms with Gasteiger partial charge in [0.05, 0.1) is 9.85 Å². The zero-order valence-electron chi connectivity index (χ0n) is 10.1. The van der Waals surface area contributed by atoms with Crippen LogP contribution >= 0.6 is 0 Å². The molecule has 2 rings (SSSR count). The highest BCUT2D eigenvalue weighted by Gasteiger charge is 2.24. The highest BCUT2D eigenvalue weighted by molar-refractivity contribution is 5.58. The lowest BCUT2D eigenvalue weighted by atomic mass is 10.3. The Morgan fingerprint density at radius 2 is 1.90 bits per heavy atom. The Bertz CT molecular complexity index is 738. The van der Waals surface area contributed by atoms with Gasteiger partial charge in [0.2, 0.25) is 11.6 Å². The van der Waals surface area contributed by atoms with E-state index in [4.69, 9.17) is 10.5 Å². The molecule has 0 spiro atoms. The van der Waals surface area contributed by atoms with Crippen LogP contribution in [0.2, 0.25) is 0 Å². The van der Waals surface area contributed by atoms with Crippen LogP contribution in [0.15, 0.2) is 24.5 Å². The van der Waals surface area contributed by atoms with Crippen molar-refractivity contribution in [2.75, 3.05) is 5.73 Å². The number of anilines is 1. The second-order valence-electron chi connectivity index (χ2n) is 3.64. The SMILES string of the molecule is Nc1ncnc(Oc2ccc([N+](=O)[O-])c(F)c2)c1[N+](=O)[O-]. The smallest absolute Gasteiger partial charge is 0.372 e. The molecule has 2 aromatic rings. The van der Waals surface area contributed by atoms with E-state index in [2.05, 4.69) is 9.97 Å². The fourth-order valence-electron chi connectivity index (χ4n) is 1.43. The van der Waals surface area contributed by atoms with Gasteiger partial charge >= 0.3 is 17.3 Å². The van der Waals surface area contributed by atoms with E-state index in [1.807, 2.05) is 0 Å². The zero-order valence-corrected chi connectivity index (χ0v) is 10.1. The molecule has 0 unspecified atom stereocenters. The Balaban J connectivity index is 2.39. The van der Waals surface area contributed by atoms with E-state index in [9.17, 15) is 24.6 Å². The number of nitrogens with two attached hydrogens (primary N) is 1. The zero-order chi connectivity index (χ0) is 15.6. The van der Waals surface area contributed by atoms with Crippen molar-refractivity contribution in [3.8, 4) is 11.6 Å². The average Bonchev–Trinajstić information content (AvgIpc) is 2.37. The van der Waals surface area contributed by atoms with Gasteiger partial charge in [-0.25, -0.2) is 4.98 Å². The standard InChI is InChI=1S/C10H6FN5O5/c11-6-3-5(1-2-7(6)15(17)18)21-10-8(16(19)20)9(12)13-4-14-10/h1-4H,(H2,12,13,14). The van der Waals surface area contributed by atoms with E-state index in [0.29, 0.717) is 6.07 Å². The van der Waals surface area contributed by atoms with Gasteiger partial charge in [-0.05, 0) is 6.07 Å². The van der Waals surface area contributed by atoms with Gasteiger partial charge in [-0.15, -0.1) is 0 Å². The highest BCUT2D eigenvalue weighted by Crippen LogP contribution is 2.33. The molecule has 0 aliphatic rings. The summed E-state index contributed by atoms with van der Waals surface area (Å²) in [6.45, 7) is 0. The lowest BCUT2D eigenvalue weighted by Gasteiger charge is -2.05. The number of nitrogens with zero attached hydrogens (tertiary/aromatic N) is 4. The Labute approximate surface area is 115 Å². The molecule has 0 amide bonds. The molecule has 21 heavy (non-hydrogen) atoms. The molecular formula is C10H6FN5O5. The summed E-state index contributed by atoms with van der Waals surface area (Å²) in [7, 11) is 0. The lowest BCUT2D eigenvalue weighted by Crippen LogP contribution is -2.03. The number of nitro groups is 2. The summed E-state index contributed by atoms with van der Waals surface area (Å²) in [6.07, 6.45) is 0.930. The molecule has 0 saturated carbocycles. The lowest BCUT2D eigenvalue weighted by molar-refractivity contribution is -0.387. The molecule has 1 heterocycles. The van der Waals surface area contributed by atoms with E-state index in [1.54, 1.807) is 0 Å². The van der Waals surface area contributed by atoms with Crippen LogP contribution in [0.1, 0.15) is 0 Å². The molecule has 0 bridgehead atoms. The predicted molar refractivity (Wildman–Crippen MR) is 66.2 cm³/mol. The topological polar surface area (TPSA) is 147 Å². The van der Waals surface area contributed by atoms with Crippen LogP contribution in [-0.4, -0.2) is 19.8 Å². The van der Waals surface area contributed by atoms with Crippen LogP contribution in [0.25, 0.3) is 0 Å². The maximum atomic E-state index is 13.4. The van der Waals surface area contributed by atoms with Crippen molar-refractivity contribution in [2.45, 2.75) is 0 Å². The van der Waals surface area contributed by atoms with Crippen molar-refractivity contribution in [3.05, 3.63) is 50.6 Å². The molecule has 108 valence electrons. The van der Waals surface area contributed by atoms with Crippen LogP contribution in [-0.2, 0) is 0 Å². The molecule has 11 heteroatoms. The number of nitrogen functional groups attached to an aromatic ring is 1. The summed E-state index contributed by atoms with van der Waals surface area (Å²) in [5.41, 5.74) is 3.90. The van der Waals surface area contributed by atoms with Crippen molar-refractivity contribution < 1.29 is 19.0 Å². The third-order valence-electron chi connectivity index (χ3n) is 2.33. The van der Waals surface area contributed by atoms with Gasteiger partial charge in [0.25, 0.3) is 0 Å². The fraction of sp³-hybridized carbons (Fsp3) is 0. The van der Waals surface area contributed by atoms with E-state index in [-0.39, 0.29) is 5.75 Å². The molecule has 0 saturated heterocycles. The summed E-state index contributed by atoms with van der Waals surface area (Å²) in [6, 6.07) is 2.64. The van der Waals surface area contributed by atoms with E-state index in [1.165, 1.54) is 0 Å². The van der Waals surface area contributed by atoms with Crippen molar-refractivity contribution in [1.29, 1.82) is 0 Å². The summed E-state index contributed by atoms with van der Waals surface area (Å²) in [5.74, 6) is -2.28. The number of halogens is 1. The first-order valence-electron chi connectivity index (χ1n) is 5.27. The first-order chi connectivity index (χ1) is 9.90. The number of hydrogen-bond donors (Lipinski definition) is 1. The molecule has 0 atom stereocenters. The van der Waals surface area contributed by atoms with Crippen molar-refractivity contribution in [1.82, 2.24) is 9.97 Å². The van der Waals surface area contributed by atoms with Crippen LogP contribution < -0.4 is 10.5 Å². The summed E-state index contributed by atoms with van der Waals surface area (Å²) < 4.78 is 18.5. The molecule has 10 nitrogen and oxygen atoms in total. The Hall–Kier alpha value is -3.37. The normalized spacial score (nSPS) is 10.1. The van der Waals surface area contributed by atoms with Crippen molar-refractivity contribution in [2.24, 2.45) is 0 Å². The molecule has 1 aromatic carbocycles. The first-order valence-corrected chi connectivity index (χ1v) is 5.27. The molecule has 0 aliphatic heterocycles. The fourth-order valence-corrected chi connectivity index (χ4v) is 1.43. The Morgan fingerprint density at radius 3 is 2.48 bits per heavy atom. The molecule has 0 aliphatic carbocycles. The van der Waals surface area contributed by atoms with Gasteiger partial charge in [-0.3, -0.25) is 20.2 Å². The van der Waals surface area contributed by atoms with Crippen LogP contribution in [0, 0.1) is 26.0 Å². The Morgan fingerprint density at radius 1 is 1.19 bits per heavy atom. The maximum absolute atomic E-state index is 13.4. The highest BCUT2D eigenvalue weighted by atomic mass is 19.1. The number of aromatic nitrogens is 2. The molecular weight excluding hydrogens is 289 g/mol. The van der Waals surface area contributed by atoms with Crippen molar-refractivity contribution in [3.63, 3.8) is 0 Å². The minimum Gasteiger partial charge on any atom is -0.433 e. The van der Waals surface area contributed by atoms with Gasteiger partial charge in [0, 0.05) is 12.1 Å². The van der Waals surface area contributed by atoms with Gasteiger partial charge in [0.15, 0.2) is 0 Å². The average molecular weight is 295 g/mol. The number of hydrogen-bond acceptors (Lipinski definition) is 8. The van der Waals surface area contributed by atoms with Gasteiger partial charge in [-0.2, -0.15) is 9.37 Å². The first kappa shape index (κ1) is 14.0. The monoisotopic (exact) mass is 295 g/mol. The van der Waals surface area contributed by atoms with Gasteiger partial charge in [0.1, 0.15) is 12.1 Å². The third-order valence-corrected chi connectivity index (χ3v) is 2.33. The quantitative estimate of drug-likeness (QED) is 0.663. The van der Waals surface area contributed by atoms with E-state index in [0.717, 1.165) is 18.5 Å². The maximum Gasteiger partial charge on any atom is 0.372 e. The molecule has 1 aromatic heterocycles. The van der Waals surface area contributed by atoms with Gasteiger partial charge < -0.3 is 10.5 Å².